The van der Waals surface area contributed by atoms with Crippen molar-refractivity contribution in [1.82, 2.24) is 14.9 Å². The SMILES string of the molecule is C[C@H](c1cnccn1)N1CCC(OC[C@@H]2CCCCO2)CC1. The minimum absolute atomic E-state index is 0.324. The van der Waals surface area contributed by atoms with Gasteiger partial charge in [0.25, 0.3) is 0 Å². The lowest BCUT2D eigenvalue weighted by atomic mass is 10.0. The van der Waals surface area contributed by atoms with E-state index in [1.165, 1.54) is 12.8 Å². The molecule has 3 heterocycles. The quantitative estimate of drug-likeness (QED) is 0.837. The maximum Gasteiger partial charge on any atom is 0.0808 e. The average molecular weight is 305 g/mol. The zero-order chi connectivity index (χ0) is 15.2. The van der Waals surface area contributed by atoms with E-state index in [9.17, 15) is 0 Å². The molecule has 0 radical (unpaired) electrons. The third-order valence-electron chi connectivity index (χ3n) is 4.83. The summed E-state index contributed by atoms with van der Waals surface area (Å²) in [6.45, 7) is 6.01. The standard InChI is InChI=1S/C17H27N3O2/c1-14(17-12-18-7-8-19-17)20-9-5-15(6-10-20)22-13-16-4-2-3-11-21-16/h7-8,12,14-16H,2-6,9-11,13H2,1H3/t14-,16+/m1/s1. The zero-order valence-corrected chi connectivity index (χ0v) is 13.5. The number of piperidine rings is 1. The molecule has 0 spiro atoms. The van der Waals surface area contributed by atoms with Crippen molar-refractivity contribution in [2.45, 2.75) is 57.3 Å². The molecule has 5 nitrogen and oxygen atoms in total. The molecular weight excluding hydrogens is 278 g/mol. The van der Waals surface area contributed by atoms with Crippen molar-refractivity contribution in [2.24, 2.45) is 0 Å². The Morgan fingerprint density at radius 1 is 1.27 bits per heavy atom. The van der Waals surface area contributed by atoms with Crippen molar-refractivity contribution in [1.29, 1.82) is 0 Å². The Labute approximate surface area is 133 Å². The van der Waals surface area contributed by atoms with E-state index in [2.05, 4.69) is 21.8 Å². The molecule has 0 unspecified atom stereocenters. The molecule has 0 N–H and O–H groups in total. The fourth-order valence-electron chi connectivity index (χ4n) is 3.33. The zero-order valence-electron chi connectivity index (χ0n) is 13.5. The minimum atomic E-state index is 0.324. The van der Waals surface area contributed by atoms with E-state index < -0.39 is 0 Å². The number of ether oxygens (including phenoxy) is 2. The van der Waals surface area contributed by atoms with Crippen LogP contribution in [0.25, 0.3) is 0 Å². The van der Waals surface area contributed by atoms with E-state index >= 15 is 0 Å². The van der Waals surface area contributed by atoms with Crippen LogP contribution in [0.1, 0.15) is 50.8 Å². The predicted molar refractivity (Wildman–Crippen MR) is 84.6 cm³/mol. The van der Waals surface area contributed by atoms with Crippen LogP contribution in [0.2, 0.25) is 0 Å². The maximum absolute atomic E-state index is 6.08. The van der Waals surface area contributed by atoms with E-state index in [0.29, 0.717) is 18.2 Å². The highest BCUT2D eigenvalue weighted by Crippen LogP contribution is 2.24. The number of aromatic nitrogens is 2. The first kappa shape index (κ1) is 15.8. The summed E-state index contributed by atoms with van der Waals surface area (Å²) < 4.78 is 11.8. The van der Waals surface area contributed by atoms with Crippen molar-refractivity contribution in [3.8, 4) is 0 Å². The van der Waals surface area contributed by atoms with Gasteiger partial charge in [0.05, 0.1) is 30.6 Å². The molecule has 0 aliphatic carbocycles. The highest BCUT2D eigenvalue weighted by atomic mass is 16.5. The Hall–Kier alpha value is -1.04. The average Bonchev–Trinajstić information content (AvgIpc) is 2.61. The van der Waals surface area contributed by atoms with E-state index in [1.807, 2.05) is 6.20 Å². The Morgan fingerprint density at radius 3 is 2.82 bits per heavy atom. The third-order valence-corrected chi connectivity index (χ3v) is 4.83. The number of hydrogen-bond acceptors (Lipinski definition) is 5. The summed E-state index contributed by atoms with van der Waals surface area (Å²) in [5.74, 6) is 0. The molecule has 0 aromatic carbocycles. The molecule has 0 bridgehead atoms. The summed E-state index contributed by atoms with van der Waals surface area (Å²) in [7, 11) is 0. The molecule has 0 saturated carbocycles. The van der Waals surface area contributed by atoms with Crippen LogP contribution in [0.4, 0.5) is 0 Å². The van der Waals surface area contributed by atoms with Gasteiger partial charge in [0.1, 0.15) is 0 Å². The van der Waals surface area contributed by atoms with Crippen LogP contribution in [0, 0.1) is 0 Å². The molecule has 2 atom stereocenters. The second kappa shape index (κ2) is 7.99. The summed E-state index contributed by atoms with van der Waals surface area (Å²) in [6, 6.07) is 0.330. The van der Waals surface area contributed by atoms with Gasteiger partial charge < -0.3 is 9.47 Å². The minimum Gasteiger partial charge on any atom is -0.376 e. The molecule has 2 aliphatic rings. The van der Waals surface area contributed by atoms with Crippen LogP contribution in [0.3, 0.4) is 0 Å². The third kappa shape index (κ3) is 4.24. The molecule has 0 amide bonds. The van der Waals surface area contributed by atoms with Gasteiger partial charge in [0, 0.05) is 38.3 Å². The lowest BCUT2D eigenvalue weighted by molar-refractivity contribution is -0.0769. The van der Waals surface area contributed by atoms with E-state index in [1.54, 1.807) is 12.4 Å². The van der Waals surface area contributed by atoms with Gasteiger partial charge in [0.2, 0.25) is 0 Å². The van der Waals surface area contributed by atoms with Gasteiger partial charge in [-0.2, -0.15) is 0 Å². The predicted octanol–water partition coefficient (Wildman–Crippen LogP) is 2.59. The van der Waals surface area contributed by atoms with Gasteiger partial charge >= 0.3 is 0 Å². The Morgan fingerprint density at radius 2 is 2.14 bits per heavy atom. The van der Waals surface area contributed by atoms with Crippen molar-refractivity contribution in [3.63, 3.8) is 0 Å². The lowest BCUT2D eigenvalue weighted by Crippen LogP contribution is -2.39. The van der Waals surface area contributed by atoms with Gasteiger partial charge in [0.15, 0.2) is 0 Å². The molecule has 2 aliphatic heterocycles. The van der Waals surface area contributed by atoms with Crippen LogP contribution in [0.15, 0.2) is 18.6 Å². The Balaban J connectivity index is 1.40. The fraction of sp³-hybridized carbons (Fsp3) is 0.765. The molecule has 5 heteroatoms. The first-order chi connectivity index (χ1) is 10.8. The van der Waals surface area contributed by atoms with Crippen molar-refractivity contribution in [2.75, 3.05) is 26.3 Å². The molecule has 2 fully saturated rings. The first-order valence-electron chi connectivity index (χ1n) is 8.56. The Kier molecular flexibility index (Phi) is 5.76. The normalized spacial score (nSPS) is 26.0. The Bertz CT molecular complexity index is 429. The molecule has 22 heavy (non-hydrogen) atoms. The first-order valence-corrected chi connectivity index (χ1v) is 8.56. The summed E-state index contributed by atoms with van der Waals surface area (Å²) in [5, 5.41) is 0. The van der Waals surface area contributed by atoms with Crippen LogP contribution in [-0.2, 0) is 9.47 Å². The maximum atomic E-state index is 6.08. The lowest BCUT2D eigenvalue weighted by Gasteiger charge is -2.36. The number of hydrogen-bond donors (Lipinski definition) is 0. The van der Waals surface area contributed by atoms with Gasteiger partial charge in [-0.15, -0.1) is 0 Å². The van der Waals surface area contributed by atoms with E-state index in [4.69, 9.17) is 9.47 Å². The molecule has 1 aromatic heterocycles. The number of likely N-dealkylation sites (tertiary alicyclic amines) is 1. The van der Waals surface area contributed by atoms with Gasteiger partial charge in [-0.25, -0.2) is 0 Å². The second-order valence-corrected chi connectivity index (χ2v) is 6.36. The monoisotopic (exact) mass is 305 g/mol. The van der Waals surface area contributed by atoms with Crippen LogP contribution >= 0.6 is 0 Å². The van der Waals surface area contributed by atoms with Crippen molar-refractivity contribution < 1.29 is 9.47 Å². The fourth-order valence-corrected chi connectivity index (χ4v) is 3.33. The molecule has 122 valence electrons. The highest BCUT2D eigenvalue weighted by Gasteiger charge is 2.25. The summed E-state index contributed by atoms with van der Waals surface area (Å²) in [6.07, 6.45) is 11.9. The van der Waals surface area contributed by atoms with E-state index in [-0.39, 0.29) is 0 Å². The highest BCUT2D eigenvalue weighted by molar-refractivity contribution is 5.01. The van der Waals surface area contributed by atoms with Gasteiger partial charge in [-0.3, -0.25) is 14.9 Å². The van der Waals surface area contributed by atoms with E-state index in [0.717, 1.165) is 51.3 Å². The number of nitrogens with zero attached hydrogens (tertiary/aromatic N) is 3. The van der Waals surface area contributed by atoms with Crippen molar-refractivity contribution in [3.05, 3.63) is 24.3 Å². The van der Waals surface area contributed by atoms with Gasteiger partial charge in [-0.05, 0) is 39.0 Å². The summed E-state index contributed by atoms with van der Waals surface area (Å²) in [5.41, 5.74) is 1.05. The topological polar surface area (TPSA) is 47.5 Å². The smallest absolute Gasteiger partial charge is 0.0808 e. The largest absolute Gasteiger partial charge is 0.376 e. The summed E-state index contributed by atoms with van der Waals surface area (Å²) in [4.78, 5) is 11.1. The summed E-state index contributed by atoms with van der Waals surface area (Å²) >= 11 is 0. The second-order valence-electron chi connectivity index (χ2n) is 6.36. The molecule has 3 rings (SSSR count). The number of rotatable bonds is 5. The van der Waals surface area contributed by atoms with Gasteiger partial charge in [-0.1, -0.05) is 0 Å². The van der Waals surface area contributed by atoms with Crippen LogP contribution in [-0.4, -0.2) is 53.4 Å². The molecule has 1 aromatic rings. The van der Waals surface area contributed by atoms with Crippen molar-refractivity contribution >= 4 is 0 Å². The molecular formula is C17H27N3O2. The van der Waals surface area contributed by atoms with Crippen LogP contribution in [0.5, 0.6) is 0 Å². The van der Waals surface area contributed by atoms with Crippen LogP contribution < -0.4 is 0 Å². The molecule has 2 saturated heterocycles.